The van der Waals surface area contributed by atoms with Crippen molar-refractivity contribution in [2.45, 2.75) is 58.0 Å². The van der Waals surface area contributed by atoms with E-state index in [4.69, 9.17) is 0 Å². The van der Waals surface area contributed by atoms with Crippen molar-refractivity contribution in [1.82, 2.24) is 10.2 Å². The molecule has 2 amide bonds. The summed E-state index contributed by atoms with van der Waals surface area (Å²) < 4.78 is 0. The van der Waals surface area contributed by atoms with E-state index in [0.29, 0.717) is 12.5 Å². The molecule has 1 aliphatic carbocycles. The molecule has 0 radical (unpaired) electrons. The Morgan fingerprint density at radius 1 is 1.35 bits per heavy atom. The number of carbonyl (C=O) groups excluding carboxylic acids is 2. The van der Waals surface area contributed by atoms with E-state index < -0.39 is 5.54 Å². The monoisotopic (exact) mass is 298 g/mol. The van der Waals surface area contributed by atoms with Crippen LogP contribution < -0.4 is 5.32 Å². The summed E-state index contributed by atoms with van der Waals surface area (Å²) in [6.07, 6.45) is 3.79. The second kappa shape index (κ2) is 6.37. The normalized spacial score (nSPS) is 30.6. The van der Waals surface area contributed by atoms with Crippen LogP contribution in [0.1, 0.15) is 46.5 Å². The van der Waals surface area contributed by atoms with Gasteiger partial charge in [0.2, 0.25) is 11.8 Å². The molecular weight excluding hydrogens is 272 g/mol. The Morgan fingerprint density at radius 2 is 2.05 bits per heavy atom. The van der Waals surface area contributed by atoms with E-state index in [1.54, 1.807) is 0 Å². The van der Waals surface area contributed by atoms with Gasteiger partial charge in [-0.3, -0.25) is 9.59 Å². The van der Waals surface area contributed by atoms with Crippen molar-refractivity contribution >= 4 is 23.6 Å². The minimum absolute atomic E-state index is 0.0438. The predicted molar refractivity (Wildman–Crippen MR) is 82.7 cm³/mol. The van der Waals surface area contributed by atoms with Crippen LogP contribution in [0, 0.1) is 5.92 Å². The summed E-state index contributed by atoms with van der Waals surface area (Å²) in [7, 11) is 0. The Hall–Kier alpha value is -0.710. The average Bonchev–Trinajstić information content (AvgIpc) is 3.24. The van der Waals surface area contributed by atoms with Gasteiger partial charge in [0.1, 0.15) is 11.6 Å². The Morgan fingerprint density at radius 3 is 2.60 bits per heavy atom. The van der Waals surface area contributed by atoms with Gasteiger partial charge in [0, 0.05) is 12.3 Å². The molecule has 1 N–H and O–H groups in total. The van der Waals surface area contributed by atoms with E-state index in [0.717, 1.165) is 37.2 Å². The molecular formula is C15H26N2O2S. The lowest BCUT2D eigenvalue weighted by Crippen LogP contribution is -2.70. The van der Waals surface area contributed by atoms with E-state index in [-0.39, 0.29) is 17.9 Å². The van der Waals surface area contributed by atoms with E-state index in [9.17, 15) is 9.59 Å². The van der Waals surface area contributed by atoms with Crippen LogP contribution in [-0.2, 0) is 9.59 Å². The van der Waals surface area contributed by atoms with Crippen molar-refractivity contribution in [2.75, 3.05) is 18.1 Å². The van der Waals surface area contributed by atoms with Crippen molar-refractivity contribution < 1.29 is 9.59 Å². The largest absolute Gasteiger partial charge is 0.340 e. The van der Waals surface area contributed by atoms with Crippen molar-refractivity contribution in [3.63, 3.8) is 0 Å². The lowest BCUT2D eigenvalue weighted by molar-refractivity contribution is -0.155. The first-order valence-corrected chi connectivity index (χ1v) is 8.90. The molecule has 1 heterocycles. The third-order valence-corrected chi connectivity index (χ3v) is 5.28. The molecule has 4 nitrogen and oxygen atoms in total. The molecule has 2 fully saturated rings. The van der Waals surface area contributed by atoms with Gasteiger partial charge in [-0.25, -0.2) is 0 Å². The van der Waals surface area contributed by atoms with Crippen molar-refractivity contribution in [2.24, 2.45) is 5.92 Å². The Labute approximate surface area is 126 Å². The molecule has 2 aliphatic rings. The molecule has 0 bridgehead atoms. The standard InChI is InChI=1S/C15H26N2O2S/c1-4-6-12-13(18)16-15(3,11-7-8-11)14(19)17(12)9-10-20-5-2/h11-12H,4-10H2,1-3H3,(H,16,18). The summed E-state index contributed by atoms with van der Waals surface area (Å²) in [6, 6.07) is -0.267. The molecule has 0 aromatic carbocycles. The second-order valence-corrected chi connectivity index (χ2v) is 7.36. The van der Waals surface area contributed by atoms with Crippen molar-refractivity contribution in [3.8, 4) is 0 Å². The van der Waals surface area contributed by atoms with Crippen LogP contribution >= 0.6 is 11.8 Å². The molecule has 114 valence electrons. The molecule has 2 unspecified atom stereocenters. The fourth-order valence-corrected chi connectivity index (χ4v) is 3.65. The van der Waals surface area contributed by atoms with Crippen LogP contribution in [0.2, 0.25) is 0 Å². The summed E-state index contributed by atoms with van der Waals surface area (Å²) >= 11 is 1.82. The maximum atomic E-state index is 12.9. The number of piperazine rings is 1. The van der Waals surface area contributed by atoms with Gasteiger partial charge in [-0.05, 0) is 37.9 Å². The third kappa shape index (κ3) is 2.97. The van der Waals surface area contributed by atoms with Crippen molar-refractivity contribution in [3.05, 3.63) is 0 Å². The van der Waals surface area contributed by atoms with Crippen LogP contribution in [0.25, 0.3) is 0 Å². The van der Waals surface area contributed by atoms with E-state index in [1.165, 1.54) is 0 Å². The summed E-state index contributed by atoms with van der Waals surface area (Å²) in [5.41, 5.74) is -0.655. The first kappa shape index (κ1) is 15.7. The fourth-order valence-electron chi connectivity index (χ4n) is 3.04. The van der Waals surface area contributed by atoms with Crippen molar-refractivity contribution in [1.29, 1.82) is 0 Å². The molecule has 2 rings (SSSR count). The molecule has 0 aromatic rings. The van der Waals surface area contributed by atoms with Gasteiger partial charge >= 0.3 is 0 Å². The van der Waals surface area contributed by atoms with Gasteiger partial charge in [0.15, 0.2) is 0 Å². The first-order valence-electron chi connectivity index (χ1n) is 7.75. The highest BCUT2D eigenvalue weighted by Crippen LogP contribution is 2.42. The lowest BCUT2D eigenvalue weighted by Gasteiger charge is -2.44. The SMILES string of the molecule is CCCC1C(=O)NC(C)(C2CC2)C(=O)N1CCSCC. The molecule has 2 atom stereocenters. The third-order valence-electron chi connectivity index (χ3n) is 4.40. The number of hydrogen-bond acceptors (Lipinski definition) is 3. The number of amides is 2. The van der Waals surface area contributed by atoms with Crippen LogP contribution in [-0.4, -0.2) is 46.3 Å². The van der Waals surface area contributed by atoms with Crippen LogP contribution in [0.15, 0.2) is 0 Å². The number of carbonyl (C=O) groups is 2. The number of thioether (sulfide) groups is 1. The van der Waals surface area contributed by atoms with Gasteiger partial charge in [0.25, 0.3) is 0 Å². The Bertz CT molecular complexity index is 384. The molecule has 1 aliphatic heterocycles. The summed E-state index contributed by atoms with van der Waals surface area (Å²) in [6.45, 7) is 6.78. The Balaban J connectivity index is 2.14. The molecule has 1 saturated carbocycles. The fraction of sp³-hybridized carbons (Fsp3) is 0.867. The van der Waals surface area contributed by atoms with Crippen LogP contribution in [0.3, 0.4) is 0 Å². The minimum atomic E-state index is -0.655. The maximum Gasteiger partial charge on any atom is 0.249 e. The van der Waals surface area contributed by atoms with E-state index >= 15 is 0 Å². The zero-order chi connectivity index (χ0) is 14.8. The number of hydrogen-bond donors (Lipinski definition) is 1. The lowest BCUT2D eigenvalue weighted by atomic mass is 9.88. The second-order valence-electron chi connectivity index (χ2n) is 5.97. The summed E-state index contributed by atoms with van der Waals surface area (Å²) in [4.78, 5) is 27.1. The highest BCUT2D eigenvalue weighted by molar-refractivity contribution is 7.99. The molecule has 20 heavy (non-hydrogen) atoms. The molecule has 1 saturated heterocycles. The zero-order valence-corrected chi connectivity index (χ0v) is 13.6. The van der Waals surface area contributed by atoms with Gasteiger partial charge in [0.05, 0.1) is 0 Å². The summed E-state index contributed by atoms with van der Waals surface area (Å²) in [5.74, 6) is 2.48. The zero-order valence-electron chi connectivity index (χ0n) is 12.8. The van der Waals surface area contributed by atoms with E-state index in [1.807, 2.05) is 23.6 Å². The Kier molecular flexibility index (Phi) is 4.99. The molecule has 0 aromatic heterocycles. The number of nitrogens with zero attached hydrogens (tertiary/aromatic N) is 1. The molecule has 5 heteroatoms. The van der Waals surface area contributed by atoms with Gasteiger partial charge < -0.3 is 10.2 Å². The van der Waals surface area contributed by atoms with Gasteiger partial charge in [-0.2, -0.15) is 11.8 Å². The van der Waals surface area contributed by atoms with Gasteiger partial charge in [-0.15, -0.1) is 0 Å². The predicted octanol–water partition coefficient (Wildman–Crippen LogP) is 2.04. The minimum Gasteiger partial charge on any atom is -0.340 e. The first-order chi connectivity index (χ1) is 9.54. The van der Waals surface area contributed by atoms with E-state index in [2.05, 4.69) is 19.2 Å². The van der Waals surface area contributed by atoms with Gasteiger partial charge in [-0.1, -0.05) is 20.3 Å². The quantitative estimate of drug-likeness (QED) is 0.732. The summed E-state index contributed by atoms with van der Waals surface area (Å²) in [5, 5.41) is 3.02. The number of rotatable bonds is 7. The topological polar surface area (TPSA) is 49.4 Å². The molecule has 0 spiro atoms. The average molecular weight is 298 g/mol. The van der Waals surface area contributed by atoms with Crippen LogP contribution in [0.4, 0.5) is 0 Å². The van der Waals surface area contributed by atoms with Crippen LogP contribution in [0.5, 0.6) is 0 Å². The highest BCUT2D eigenvalue weighted by Gasteiger charge is 2.54. The number of nitrogens with one attached hydrogen (secondary N) is 1. The smallest absolute Gasteiger partial charge is 0.249 e. The highest BCUT2D eigenvalue weighted by atomic mass is 32.2. The maximum absolute atomic E-state index is 12.9.